The molecule has 1 aromatic carbocycles. The summed E-state index contributed by atoms with van der Waals surface area (Å²) in [6, 6.07) is 4.43. The van der Waals surface area contributed by atoms with Crippen LogP contribution in [0.25, 0.3) is 22.2 Å². The van der Waals surface area contributed by atoms with Gasteiger partial charge in [-0.2, -0.15) is 0 Å². The molecule has 1 fully saturated rings. The quantitative estimate of drug-likeness (QED) is 0.345. The van der Waals surface area contributed by atoms with Crippen LogP contribution in [0.4, 0.5) is 0 Å². The van der Waals surface area contributed by atoms with E-state index in [1.807, 2.05) is 24.6 Å². The van der Waals surface area contributed by atoms with Crippen LogP contribution in [0.15, 0.2) is 23.5 Å². The van der Waals surface area contributed by atoms with Crippen molar-refractivity contribution >= 4 is 34.3 Å². The van der Waals surface area contributed by atoms with Crippen molar-refractivity contribution in [3.05, 3.63) is 34.6 Å². The number of nitrogens with zero attached hydrogens (tertiary/aromatic N) is 3. The third-order valence-electron chi connectivity index (χ3n) is 5.43. The second kappa shape index (κ2) is 9.59. The Kier molecular flexibility index (Phi) is 6.84. The summed E-state index contributed by atoms with van der Waals surface area (Å²) in [5.74, 6) is 1.33. The minimum absolute atomic E-state index is 0.543. The third-order valence-corrected chi connectivity index (χ3v) is 6.36. The topological polar surface area (TPSA) is 69.2 Å². The smallest absolute Gasteiger partial charge is 0.187 e. The number of ether oxygens (including phenoxy) is 2. The van der Waals surface area contributed by atoms with Crippen molar-refractivity contribution in [1.29, 1.82) is 0 Å². The Morgan fingerprint density at radius 2 is 1.94 bits per heavy atom. The molecule has 2 heterocycles. The van der Waals surface area contributed by atoms with Gasteiger partial charge >= 0.3 is 0 Å². The van der Waals surface area contributed by atoms with E-state index in [1.54, 1.807) is 14.2 Å². The number of hydrogen-bond acceptors (Lipinski definition) is 7. The van der Waals surface area contributed by atoms with Gasteiger partial charge in [-0.15, -0.1) is 0 Å². The number of benzene rings is 1. The van der Waals surface area contributed by atoms with Gasteiger partial charge in [0.05, 0.1) is 36.1 Å². The molecule has 0 spiro atoms. The zero-order chi connectivity index (χ0) is 22.0. The number of rotatable bonds is 9. The van der Waals surface area contributed by atoms with Crippen LogP contribution in [0.3, 0.4) is 0 Å². The zero-order valence-corrected chi connectivity index (χ0v) is 19.9. The molecule has 2 aromatic heterocycles. The average molecular weight is 459 g/mol. The highest BCUT2D eigenvalue weighted by molar-refractivity contribution is 7.98. The van der Waals surface area contributed by atoms with Crippen molar-refractivity contribution in [2.75, 3.05) is 20.5 Å². The number of methoxy groups -OCH3 is 2. The van der Waals surface area contributed by atoms with Crippen molar-refractivity contribution < 1.29 is 9.47 Å². The molecule has 1 aliphatic carbocycles. The number of hydrogen-bond donors (Lipinski definition) is 1. The predicted molar refractivity (Wildman–Crippen MR) is 127 cm³/mol. The first kappa shape index (κ1) is 22.1. The summed E-state index contributed by atoms with van der Waals surface area (Å²) in [6.07, 6.45) is 8.04. The normalized spacial score (nSPS) is 13.6. The number of fused-ring (bicyclic) bond motifs is 1. The molecule has 0 unspecified atom stereocenters. The van der Waals surface area contributed by atoms with Gasteiger partial charge in [0.2, 0.25) is 0 Å². The van der Waals surface area contributed by atoms with E-state index in [0.29, 0.717) is 23.4 Å². The van der Waals surface area contributed by atoms with E-state index in [-0.39, 0.29) is 0 Å². The summed E-state index contributed by atoms with van der Waals surface area (Å²) in [6.45, 7) is 2.79. The second-order valence-corrected chi connectivity index (χ2v) is 8.75. The number of thioether (sulfide) groups is 1. The molecule has 6 nitrogen and oxygen atoms in total. The standard InChI is InChI=1S/C23H27ClN4O2S/c1-5-6-15-18(29-2)10-19(30-3)21(24)20(15)16-9-13-11-26-23(31-4)28-22(13)17(27-16)12-25-14-7-8-14/h9-11,14,25H,5-8,12H2,1-4H3. The maximum Gasteiger partial charge on any atom is 0.187 e. The molecule has 0 atom stereocenters. The van der Waals surface area contributed by atoms with E-state index >= 15 is 0 Å². The van der Waals surface area contributed by atoms with Crippen molar-refractivity contribution in [2.24, 2.45) is 0 Å². The Balaban J connectivity index is 1.94. The van der Waals surface area contributed by atoms with Crippen LogP contribution in [-0.2, 0) is 13.0 Å². The SMILES string of the molecule is CCCc1c(OC)cc(OC)c(Cl)c1-c1cc2cnc(SC)nc2c(CNC2CC2)n1. The van der Waals surface area contributed by atoms with Gasteiger partial charge in [0, 0.05) is 41.4 Å². The maximum atomic E-state index is 6.83. The molecular weight excluding hydrogens is 432 g/mol. The van der Waals surface area contributed by atoms with Gasteiger partial charge in [0.25, 0.3) is 0 Å². The Labute approximate surface area is 192 Å². The molecule has 1 saturated carbocycles. The Bertz CT molecular complexity index is 1100. The lowest BCUT2D eigenvalue weighted by Crippen LogP contribution is -2.17. The lowest BCUT2D eigenvalue weighted by atomic mass is 9.97. The molecule has 164 valence electrons. The first-order valence-electron chi connectivity index (χ1n) is 10.5. The second-order valence-electron chi connectivity index (χ2n) is 7.60. The lowest BCUT2D eigenvalue weighted by Gasteiger charge is -2.19. The molecule has 0 saturated heterocycles. The van der Waals surface area contributed by atoms with E-state index in [0.717, 1.165) is 57.2 Å². The highest BCUT2D eigenvalue weighted by Crippen LogP contribution is 2.44. The van der Waals surface area contributed by atoms with Gasteiger partial charge in [0.15, 0.2) is 5.16 Å². The molecule has 0 radical (unpaired) electrons. The monoisotopic (exact) mass is 458 g/mol. The molecule has 0 aliphatic heterocycles. The summed E-state index contributed by atoms with van der Waals surface area (Å²) >= 11 is 8.36. The van der Waals surface area contributed by atoms with Gasteiger partial charge in [0.1, 0.15) is 11.5 Å². The van der Waals surface area contributed by atoms with Crippen LogP contribution >= 0.6 is 23.4 Å². The minimum atomic E-state index is 0.543. The minimum Gasteiger partial charge on any atom is -0.496 e. The van der Waals surface area contributed by atoms with Crippen molar-refractivity contribution in [3.63, 3.8) is 0 Å². The van der Waals surface area contributed by atoms with Gasteiger partial charge in [-0.3, -0.25) is 0 Å². The lowest BCUT2D eigenvalue weighted by molar-refractivity contribution is 0.391. The van der Waals surface area contributed by atoms with E-state index < -0.39 is 0 Å². The summed E-state index contributed by atoms with van der Waals surface area (Å²) in [5, 5.41) is 5.79. The summed E-state index contributed by atoms with van der Waals surface area (Å²) in [7, 11) is 3.28. The van der Waals surface area contributed by atoms with E-state index in [1.165, 1.54) is 24.6 Å². The average Bonchev–Trinajstić information content (AvgIpc) is 3.62. The van der Waals surface area contributed by atoms with Crippen LogP contribution in [0, 0.1) is 0 Å². The molecule has 0 amide bonds. The van der Waals surface area contributed by atoms with Gasteiger partial charge < -0.3 is 14.8 Å². The van der Waals surface area contributed by atoms with Gasteiger partial charge in [-0.25, -0.2) is 15.0 Å². The first-order chi connectivity index (χ1) is 15.1. The molecule has 8 heteroatoms. The Hall–Kier alpha value is -2.09. The fraction of sp³-hybridized carbons (Fsp3) is 0.435. The van der Waals surface area contributed by atoms with Crippen molar-refractivity contribution in [3.8, 4) is 22.8 Å². The Morgan fingerprint density at radius 3 is 2.58 bits per heavy atom. The molecular formula is C23H27ClN4O2S. The maximum absolute atomic E-state index is 6.83. The van der Waals surface area contributed by atoms with Gasteiger partial charge in [-0.1, -0.05) is 36.7 Å². The van der Waals surface area contributed by atoms with Crippen molar-refractivity contribution in [2.45, 2.75) is 50.4 Å². The number of halogens is 1. The summed E-state index contributed by atoms with van der Waals surface area (Å²) in [4.78, 5) is 14.3. The van der Waals surface area contributed by atoms with Crippen molar-refractivity contribution in [1.82, 2.24) is 20.3 Å². The van der Waals surface area contributed by atoms with E-state index in [2.05, 4.69) is 17.2 Å². The molecule has 31 heavy (non-hydrogen) atoms. The predicted octanol–water partition coefficient (Wildman–Crippen LogP) is 5.29. The van der Waals surface area contributed by atoms with E-state index in [9.17, 15) is 0 Å². The number of pyridine rings is 1. The molecule has 1 aliphatic rings. The largest absolute Gasteiger partial charge is 0.496 e. The van der Waals surface area contributed by atoms with E-state index in [4.69, 9.17) is 31.0 Å². The highest BCUT2D eigenvalue weighted by Gasteiger charge is 2.24. The zero-order valence-electron chi connectivity index (χ0n) is 18.3. The fourth-order valence-corrected chi connectivity index (χ4v) is 4.40. The van der Waals surface area contributed by atoms with Crippen LogP contribution in [0.1, 0.15) is 37.4 Å². The molecule has 0 bridgehead atoms. The van der Waals surface area contributed by atoms with Gasteiger partial charge in [-0.05, 0) is 31.6 Å². The Morgan fingerprint density at radius 1 is 1.16 bits per heavy atom. The summed E-state index contributed by atoms with van der Waals surface area (Å²) < 4.78 is 11.2. The van der Waals surface area contributed by atoms with Crippen LogP contribution in [0.2, 0.25) is 5.02 Å². The first-order valence-corrected chi connectivity index (χ1v) is 12.1. The third kappa shape index (κ3) is 4.59. The van der Waals surface area contributed by atoms with Crippen LogP contribution in [0.5, 0.6) is 11.5 Å². The molecule has 1 N–H and O–H groups in total. The summed E-state index contributed by atoms with van der Waals surface area (Å²) in [5.41, 5.74) is 4.44. The molecule has 3 aromatic rings. The van der Waals surface area contributed by atoms with Crippen LogP contribution < -0.4 is 14.8 Å². The van der Waals surface area contributed by atoms with Crippen LogP contribution in [-0.4, -0.2) is 41.5 Å². The number of nitrogens with one attached hydrogen (secondary N) is 1. The highest BCUT2D eigenvalue weighted by atomic mass is 35.5. The number of aromatic nitrogens is 3. The molecule has 4 rings (SSSR count). The fourth-order valence-electron chi connectivity index (χ4n) is 3.71.